The summed E-state index contributed by atoms with van der Waals surface area (Å²) in [5.41, 5.74) is 8.46. The maximum atomic E-state index is 6.23. The number of para-hydroxylation sites is 2. The van der Waals surface area contributed by atoms with Gasteiger partial charge in [0.25, 0.3) is 0 Å². The number of benzene rings is 1. The summed E-state index contributed by atoms with van der Waals surface area (Å²) >= 11 is 1.91. The van der Waals surface area contributed by atoms with Crippen molar-refractivity contribution in [2.75, 3.05) is 5.75 Å². The summed E-state index contributed by atoms with van der Waals surface area (Å²) in [7, 11) is 2.06. The van der Waals surface area contributed by atoms with Gasteiger partial charge in [-0.15, -0.1) is 0 Å². The Morgan fingerprint density at radius 1 is 1.32 bits per heavy atom. The molecule has 2 N–H and O–H groups in total. The first kappa shape index (κ1) is 14.4. The Morgan fingerprint density at radius 2 is 2.00 bits per heavy atom. The van der Waals surface area contributed by atoms with Crippen LogP contribution in [0.3, 0.4) is 0 Å². The molecule has 1 unspecified atom stereocenters. The van der Waals surface area contributed by atoms with Crippen molar-refractivity contribution < 1.29 is 0 Å². The van der Waals surface area contributed by atoms with Crippen LogP contribution < -0.4 is 5.73 Å². The summed E-state index contributed by atoms with van der Waals surface area (Å²) in [4.78, 5) is 4.67. The highest BCUT2D eigenvalue weighted by molar-refractivity contribution is 8.00. The standard InChI is InChI=1S/C15H23N3S/c1-15(2,3)19-10-11(16)9-14-17-12-7-5-6-8-13(12)18(14)4/h5-8,11H,9-10,16H2,1-4H3. The Morgan fingerprint density at radius 3 is 2.63 bits per heavy atom. The molecule has 1 aromatic carbocycles. The Kier molecular flexibility index (Phi) is 4.21. The number of rotatable bonds is 4. The number of thioether (sulfide) groups is 1. The van der Waals surface area contributed by atoms with Crippen LogP contribution in [-0.4, -0.2) is 26.1 Å². The predicted molar refractivity (Wildman–Crippen MR) is 84.6 cm³/mol. The topological polar surface area (TPSA) is 43.8 Å². The lowest BCUT2D eigenvalue weighted by atomic mass is 10.2. The first-order valence-electron chi connectivity index (χ1n) is 6.67. The molecule has 2 rings (SSSR count). The van der Waals surface area contributed by atoms with Gasteiger partial charge in [0.15, 0.2) is 0 Å². The molecule has 0 bridgehead atoms. The van der Waals surface area contributed by atoms with Crippen molar-refractivity contribution in [3.63, 3.8) is 0 Å². The number of nitrogens with zero attached hydrogens (tertiary/aromatic N) is 2. The number of hydrogen-bond acceptors (Lipinski definition) is 3. The van der Waals surface area contributed by atoms with Crippen LogP contribution in [-0.2, 0) is 13.5 Å². The quantitative estimate of drug-likeness (QED) is 0.934. The van der Waals surface area contributed by atoms with E-state index < -0.39 is 0 Å². The second-order valence-corrected chi connectivity index (χ2v) is 7.81. The predicted octanol–water partition coefficient (Wildman–Crippen LogP) is 2.97. The lowest BCUT2D eigenvalue weighted by molar-refractivity contribution is 0.680. The maximum absolute atomic E-state index is 6.23. The molecule has 1 atom stereocenters. The van der Waals surface area contributed by atoms with Gasteiger partial charge in [-0.25, -0.2) is 4.98 Å². The van der Waals surface area contributed by atoms with Crippen molar-refractivity contribution >= 4 is 22.8 Å². The van der Waals surface area contributed by atoms with Gasteiger partial charge in [-0.2, -0.15) is 11.8 Å². The zero-order valence-electron chi connectivity index (χ0n) is 12.2. The van der Waals surface area contributed by atoms with Gasteiger partial charge in [-0.3, -0.25) is 0 Å². The van der Waals surface area contributed by atoms with Gasteiger partial charge in [0.1, 0.15) is 5.82 Å². The molecule has 0 spiro atoms. The molecule has 1 aromatic heterocycles. The first-order valence-corrected chi connectivity index (χ1v) is 7.65. The van der Waals surface area contributed by atoms with Gasteiger partial charge in [0.2, 0.25) is 0 Å². The zero-order chi connectivity index (χ0) is 14.0. The maximum Gasteiger partial charge on any atom is 0.111 e. The van der Waals surface area contributed by atoms with Crippen LogP contribution in [0.1, 0.15) is 26.6 Å². The molecule has 0 aliphatic carbocycles. The highest BCUT2D eigenvalue weighted by Crippen LogP contribution is 2.24. The number of fused-ring (bicyclic) bond motifs is 1. The lowest BCUT2D eigenvalue weighted by Crippen LogP contribution is -2.29. The minimum absolute atomic E-state index is 0.153. The summed E-state index contributed by atoms with van der Waals surface area (Å²) in [6, 6.07) is 8.37. The Hall–Kier alpha value is -1.00. The van der Waals surface area contributed by atoms with E-state index in [1.807, 2.05) is 30.0 Å². The third-order valence-corrected chi connectivity index (χ3v) is 4.52. The molecule has 3 nitrogen and oxygen atoms in total. The number of aromatic nitrogens is 2. The van der Waals surface area contributed by atoms with Crippen LogP contribution in [0.15, 0.2) is 24.3 Å². The molecular formula is C15H23N3S. The largest absolute Gasteiger partial charge is 0.331 e. The van der Waals surface area contributed by atoms with E-state index in [-0.39, 0.29) is 10.8 Å². The minimum atomic E-state index is 0.153. The Bertz CT molecular complexity index is 554. The molecule has 2 aromatic rings. The molecule has 0 saturated heterocycles. The molecule has 19 heavy (non-hydrogen) atoms. The lowest BCUT2D eigenvalue weighted by Gasteiger charge is -2.20. The summed E-state index contributed by atoms with van der Waals surface area (Å²) in [5, 5.41) is 0. The fourth-order valence-corrected chi connectivity index (χ4v) is 2.86. The second-order valence-electron chi connectivity index (χ2n) is 5.96. The average molecular weight is 277 g/mol. The van der Waals surface area contributed by atoms with E-state index in [2.05, 4.69) is 43.4 Å². The molecule has 1 heterocycles. The van der Waals surface area contributed by atoms with E-state index in [0.29, 0.717) is 0 Å². The van der Waals surface area contributed by atoms with Crippen LogP contribution in [0.2, 0.25) is 0 Å². The average Bonchev–Trinajstić information content (AvgIpc) is 2.64. The Labute approximate surface area is 119 Å². The monoisotopic (exact) mass is 277 g/mol. The number of hydrogen-bond donors (Lipinski definition) is 1. The molecule has 104 valence electrons. The normalized spacial score (nSPS) is 13.9. The van der Waals surface area contributed by atoms with Crippen molar-refractivity contribution in [2.24, 2.45) is 12.8 Å². The smallest absolute Gasteiger partial charge is 0.111 e. The van der Waals surface area contributed by atoms with Crippen LogP contribution in [0, 0.1) is 0 Å². The third-order valence-electron chi connectivity index (χ3n) is 3.05. The summed E-state index contributed by atoms with van der Waals surface area (Å²) in [6.45, 7) is 6.67. The van der Waals surface area contributed by atoms with Gasteiger partial charge in [0.05, 0.1) is 11.0 Å². The van der Waals surface area contributed by atoms with E-state index in [0.717, 1.165) is 23.5 Å². The molecule has 0 fully saturated rings. The van der Waals surface area contributed by atoms with Gasteiger partial charge in [-0.05, 0) is 12.1 Å². The van der Waals surface area contributed by atoms with Crippen LogP contribution in [0.5, 0.6) is 0 Å². The molecular weight excluding hydrogens is 254 g/mol. The van der Waals surface area contributed by atoms with E-state index in [4.69, 9.17) is 5.73 Å². The van der Waals surface area contributed by atoms with Crippen molar-refractivity contribution in [3.05, 3.63) is 30.1 Å². The molecule has 0 radical (unpaired) electrons. The van der Waals surface area contributed by atoms with E-state index in [1.165, 1.54) is 5.52 Å². The third kappa shape index (κ3) is 3.74. The highest BCUT2D eigenvalue weighted by Gasteiger charge is 2.16. The fourth-order valence-electron chi connectivity index (χ4n) is 2.03. The zero-order valence-corrected chi connectivity index (χ0v) is 13.0. The highest BCUT2D eigenvalue weighted by atomic mass is 32.2. The summed E-state index contributed by atoms with van der Waals surface area (Å²) < 4.78 is 2.42. The SMILES string of the molecule is Cn1c(CC(N)CSC(C)(C)C)nc2ccccc21. The number of nitrogens with two attached hydrogens (primary N) is 1. The van der Waals surface area contributed by atoms with Gasteiger partial charge < -0.3 is 10.3 Å². The van der Waals surface area contributed by atoms with Crippen molar-refractivity contribution in [3.8, 4) is 0 Å². The summed E-state index contributed by atoms with van der Waals surface area (Å²) in [5.74, 6) is 2.04. The fraction of sp³-hybridized carbons (Fsp3) is 0.533. The van der Waals surface area contributed by atoms with Crippen molar-refractivity contribution in [2.45, 2.75) is 38.0 Å². The van der Waals surface area contributed by atoms with Crippen molar-refractivity contribution in [1.29, 1.82) is 0 Å². The molecule has 0 aliphatic rings. The minimum Gasteiger partial charge on any atom is -0.331 e. The van der Waals surface area contributed by atoms with Crippen LogP contribution >= 0.6 is 11.8 Å². The number of aryl methyl sites for hydroxylation is 1. The number of imidazole rings is 1. The second kappa shape index (κ2) is 5.55. The van der Waals surface area contributed by atoms with Crippen LogP contribution in [0.25, 0.3) is 11.0 Å². The van der Waals surface area contributed by atoms with Gasteiger partial charge >= 0.3 is 0 Å². The van der Waals surface area contributed by atoms with E-state index in [9.17, 15) is 0 Å². The van der Waals surface area contributed by atoms with Gasteiger partial charge in [-0.1, -0.05) is 32.9 Å². The van der Waals surface area contributed by atoms with E-state index >= 15 is 0 Å². The summed E-state index contributed by atoms with van der Waals surface area (Å²) in [6.07, 6.45) is 0.828. The molecule has 4 heteroatoms. The first-order chi connectivity index (χ1) is 8.87. The Balaban J connectivity index is 2.07. The van der Waals surface area contributed by atoms with E-state index in [1.54, 1.807) is 0 Å². The van der Waals surface area contributed by atoms with Crippen LogP contribution in [0.4, 0.5) is 0 Å². The molecule has 0 saturated carbocycles. The van der Waals surface area contributed by atoms with Gasteiger partial charge in [0, 0.05) is 30.0 Å². The molecule has 0 amide bonds. The van der Waals surface area contributed by atoms with Crippen molar-refractivity contribution in [1.82, 2.24) is 9.55 Å². The molecule has 0 aliphatic heterocycles.